The molecule has 0 aromatic heterocycles. The Kier molecular flexibility index (Phi) is 14.9. The van der Waals surface area contributed by atoms with Crippen LogP contribution in [0.4, 0.5) is 11.4 Å². The molecule has 0 saturated carbocycles. The number of nitrogens with zero attached hydrogens (tertiary/aromatic N) is 2. The van der Waals surface area contributed by atoms with Crippen molar-refractivity contribution in [3.8, 4) is 5.75 Å². The van der Waals surface area contributed by atoms with Crippen LogP contribution in [0.15, 0.2) is 89.1 Å². The number of rotatable bonds is 20. The number of carbonyl (C=O) groups is 1. The third kappa shape index (κ3) is 11.9. The number of carbonyl (C=O) groups excluding carboxylic acids is 1. The average molecular weight is 592 g/mol. The van der Waals surface area contributed by atoms with Gasteiger partial charge in [0.25, 0.3) is 5.91 Å². The Morgan fingerprint density at radius 1 is 0.738 bits per heavy atom. The van der Waals surface area contributed by atoms with Gasteiger partial charge in [0.05, 0.1) is 18.0 Å². The number of nitrogens with one attached hydrogen (secondary N) is 1. The van der Waals surface area contributed by atoms with Crippen LogP contribution in [-0.2, 0) is 19.7 Å². The Bertz CT molecular complexity index is 1180. The zero-order valence-corrected chi connectivity index (χ0v) is 26.2. The molecule has 0 aliphatic carbocycles. The maximum atomic E-state index is 12.3. The minimum absolute atomic E-state index is 0.0932. The Morgan fingerprint density at radius 2 is 1.38 bits per heavy atom. The van der Waals surface area contributed by atoms with Crippen molar-refractivity contribution in [1.82, 2.24) is 5.32 Å². The smallest absolute Gasteiger partial charge is 0.491 e. The second-order valence-electron chi connectivity index (χ2n) is 9.79. The van der Waals surface area contributed by atoms with Gasteiger partial charge in [0, 0.05) is 31.4 Å². The molecule has 0 heterocycles. The number of unbranched alkanes of at least 4 members (excludes halogenated alkanes) is 2. The van der Waals surface area contributed by atoms with E-state index in [4.69, 9.17) is 18.0 Å². The first-order valence-electron chi connectivity index (χ1n) is 15.1. The number of hydrogen-bond donors (Lipinski definition) is 1. The Balaban J connectivity index is 1.42. The van der Waals surface area contributed by atoms with E-state index in [1.54, 1.807) is 12.1 Å². The molecule has 226 valence electrons. The van der Waals surface area contributed by atoms with Crippen molar-refractivity contribution >= 4 is 26.1 Å². The quantitative estimate of drug-likeness (QED) is 0.0815. The van der Waals surface area contributed by atoms with Crippen LogP contribution >= 0.6 is 0 Å². The molecule has 1 N–H and O–H groups in total. The summed E-state index contributed by atoms with van der Waals surface area (Å²) in [4.78, 5) is 12.3. The standard InChI is InChI=1S/C33H45N3O5Si/c1-4-7-9-13-28-16-18-30(19-17-28)35-36-31-20-22-32(23-21-31)38-25-26-41-42(39-5-2,40-6-3)27-12-24-34-33(37)29-14-10-8-11-15-29/h8,10-11,14-23H,4-7,9,12-13,24-27H2,1-3H3,(H,34,37). The fraction of sp³-hybridized carbons (Fsp3) is 0.424. The van der Waals surface area contributed by atoms with E-state index in [9.17, 15) is 4.79 Å². The second kappa shape index (κ2) is 18.9. The Morgan fingerprint density at radius 3 is 2.00 bits per heavy atom. The number of benzene rings is 3. The molecule has 9 heteroatoms. The highest BCUT2D eigenvalue weighted by Crippen LogP contribution is 2.23. The highest BCUT2D eigenvalue weighted by molar-refractivity contribution is 6.60. The van der Waals surface area contributed by atoms with Gasteiger partial charge in [0.1, 0.15) is 12.4 Å². The zero-order chi connectivity index (χ0) is 29.9. The lowest BCUT2D eigenvalue weighted by atomic mass is 10.1. The summed E-state index contributed by atoms with van der Waals surface area (Å²) < 4.78 is 24.1. The largest absolute Gasteiger partial charge is 0.501 e. The van der Waals surface area contributed by atoms with Crippen molar-refractivity contribution in [3.63, 3.8) is 0 Å². The molecule has 0 radical (unpaired) electrons. The van der Waals surface area contributed by atoms with E-state index in [1.807, 2.05) is 68.4 Å². The molecule has 1 amide bonds. The molecule has 3 aromatic carbocycles. The molecule has 42 heavy (non-hydrogen) atoms. The predicted molar refractivity (Wildman–Crippen MR) is 169 cm³/mol. The van der Waals surface area contributed by atoms with Crippen LogP contribution in [-0.4, -0.2) is 47.7 Å². The molecule has 3 aromatic rings. The van der Waals surface area contributed by atoms with Gasteiger partial charge in [-0.3, -0.25) is 4.79 Å². The summed E-state index contributed by atoms with van der Waals surface area (Å²) in [5, 5.41) is 11.7. The van der Waals surface area contributed by atoms with Gasteiger partial charge in [-0.2, -0.15) is 10.2 Å². The molecule has 0 spiro atoms. The Hall–Kier alpha value is -3.37. The number of amides is 1. The third-order valence-electron chi connectivity index (χ3n) is 6.51. The predicted octanol–water partition coefficient (Wildman–Crippen LogP) is 8.06. The minimum atomic E-state index is -2.91. The first kappa shape index (κ1) is 33.1. The van der Waals surface area contributed by atoms with Crippen LogP contribution in [0.3, 0.4) is 0 Å². The molecular formula is C33H45N3O5Si. The molecule has 3 rings (SSSR count). The molecule has 0 atom stereocenters. The van der Waals surface area contributed by atoms with Crippen LogP contribution in [0.5, 0.6) is 5.75 Å². The molecule has 0 fully saturated rings. The Labute approximate surface area is 251 Å². The average Bonchev–Trinajstić information content (AvgIpc) is 3.02. The maximum Gasteiger partial charge on any atom is 0.501 e. The van der Waals surface area contributed by atoms with E-state index in [-0.39, 0.29) is 5.91 Å². The van der Waals surface area contributed by atoms with Gasteiger partial charge < -0.3 is 23.3 Å². The van der Waals surface area contributed by atoms with Crippen molar-refractivity contribution in [2.45, 2.75) is 58.9 Å². The summed E-state index contributed by atoms with van der Waals surface area (Å²) >= 11 is 0. The van der Waals surface area contributed by atoms with Crippen LogP contribution in [0, 0.1) is 0 Å². The summed E-state index contributed by atoms with van der Waals surface area (Å²) in [5.41, 5.74) is 3.57. The summed E-state index contributed by atoms with van der Waals surface area (Å²) in [6.07, 6.45) is 5.50. The van der Waals surface area contributed by atoms with Crippen molar-refractivity contribution in [3.05, 3.63) is 90.0 Å². The van der Waals surface area contributed by atoms with Crippen LogP contribution in [0.1, 0.15) is 62.4 Å². The summed E-state index contributed by atoms with van der Waals surface area (Å²) in [6.45, 7) is 8.25. The molecule has 0 aliphatic heterocycles. The van der Waals surface area contributed by atoms with Crippen LogP contribution in [0.25, 0.3) is 0 Å². The van der Waals surface area contributed by atoms with E-state index >= 15 is 0 Å². The molecular weight excluding hydrogens is 546 g/mol. The lowest BCUT2D eigenvalue weighted by molar-refractivity contribution is 0.0558. The first-order chi connectivity index (χ1) is 20.6. The summed E-state index contributed by atoms with van der Waals surface area (Å²) in [6, 6.07) is 25.6. The zero-order valence-electron chi connectivity index (χ0n) is 25.2. The van der Waals surface area contributed by atoms with Gasteiger partial charge in [-0.25, -0.2) is 0 Å². The first-order valence-corrected chi connectivity index (χ1v) is 17.0. The van der Waals surface area contributed by atoms with Crippen molar-refractivity contribution < 1.29 is 22.8 Å². The van der Waals surface area contributed by atoms with Gasteiger partial charge >= 0.3 is 8.80 Å². The number of ether oxygens (including phenoxy) is 1. The number of aryl methyl sites for hydroxylation is 1. The van der Waals surface area contributed by atoms with Gasteiger partial charge in [-0.1, -0.05) is 50.1 Å². The van der Waals surface area contributed by atoms with E-state index in [0.29, 0.717) is 51.0 Å². The molecule has 0 bridgehead atoms. The molecule has 0 saturated heterocycles. The van der Waals surface area contributed by atoms with Crippen molar-refractivity contribution in [2.24, 2.45) is 10.2 Å². The second-order valence-corrected chi connectivity index (χ2v) is 12.5. The van der Waals surface area contributed by atoms with Crippen molar-refractivity contribution in [1.29, 1.82) is 0 Å². The van der Waals surface area contributed by atoms with Gasteiger partial charge in [0.15, 0.2) is 0 Å². The SMILES string of the molecule is CCCCCc1ccc(N=Nc2ccc(OCCO[Si](CCCNC(=O)c3ccccc3)(OCC)OCC)cc2)cc1. The summed E-state index contributed by atoms with van der Waals surface area (Å²) in [5.74, 6) is 0.627. The van der Waals surface area contributed by atoms with Crippen LogP contribution in [0.2, 0.25) is 6.04 Å². The van der Waals surface area contributed by atoms with E-state index in [1.165, 1.54) is 24.8 Å². The fourth-order valence-electron chi connectivity index (χ4n) is 4.37. The normalized spacial score (nSPS) is 11.6. The van der Waals surface area contributed by atoms with Gasteiger partial charge in [-0.15, -0.1) is 0 Å². The van der Waals surface area contributed by atoms with E-state index in [0.717, 1.165) is 23.5 Å². The lowest BCUT2D eigenvalue weighted by Crippen LogP contribution is -2.47. The maximum absolute atomic E-state index is 12.3. The van der Waals surface area contributed by atoms with Gasteiger partial charge in [0.2, 0.25) is 0 Å². The van der Waals surface area contributed by atoms with Crippen LogP contribution < -0.4 is 10.1 Å². The van der Waals surface area contributed by atoms with Crippen molar-refractivity contribution in [2.75, 3.05) is 33.0 Å². The fourth-order valence-corrected chi connectivity index (χ4v) is 6.94. The minimum Gasteiger partial charge on any atom is -0.491 e. The molecule has 8 nitrogen and oxygen atoms in total. The molecule has 0 aliphatic rings. The highest BCUT2D eigenvalue weighted by Gasteiger charge is 2.40. The summed E-state index contributed by atoms with van der Waals surface area (Å²) in [7, 11) is -2.91. The lowest BCUT2D eigenvalue weighted by Gasteiger charge is -2.29. The van der Waals surface area contributed by atoms with Gasteiger partial charge in [-0.05, 0) is 87.2 Å². The topological polar surface area (TPSA) is 90.7 Å². The number of azo groups is 1. The third-order valence-corrected chi connectivity index (χ3v) is 9.57. The molecule has 0 unspecified atom stereocenters. The van der Waals surface area contributed by atoms with E-state index in [2.05, 4.69) is 34.6 Å². The monoisotopic (exact) mass is 591 g/mol. The van der Waals surface area contributed by atoms with E-state index < -0.39 is 8.80 Å². The highest BCUT2D eigenvalue weighted by atomic mass is 28.4. The number of hydrogen-bond acceptors (Lipinski definition) is 7.